The molecule has 3 nitrogen and oxygen atoms in total. The molecule has 0 saturated heterocycles. The fraction of sp³-hybridized carbons (Fsp3) is 0.300. The maximum atomic E-state index is 12.5. The van der Waals surface area contributed by atoms with Crippen LogP contribution in [0.25, 0.3) is 0 Å². The van der Waals surface area contributed by atoms with Gasteiger partial charge < -0.3 is 4.74 Å². The Kier molecular flexibility index (Phi) is 4.90. The van der Waals surface area contributed by atoms with Crippen LogP contribution in [0.15, 0.2) is 24.3 Å². The maximum absolute atomic E-state index is 12.5. The molecule has 0 aliphatic heterocycles. The molecule has 1 rings (SSSR count). The standard InChI is InChI=1S/C10H11ClFNO2/c11-6-1-7-15-10(14)13-9-4-2-8(12)3-5-9/h2-5H,1,6-7H2,(H,13,14). The summed E-state index contributed by atoms with van der Waals surface area (Å²) in [6, 6.07) is 5.43. The van der Waals surface area contributed by atoms with Crippen LogP contribution >= 0.6 is 11.6 Å². The highest BCUT2D eigenvalue weighted by Crippen LogP contribution is 2.08. The van der Waals surface area contributed by atoms with E-state index in [1.54, 1.807) is 0 Å². The highest BCUT2D eigenvalue weighted by Gasteiger charge is 2.02. The number of anilines is 1. The molecular weight excluding hydrogens is 221 g/mol. The van der Waals surface area contributed by atoms with Gasteiger partial charge in [0, 0.05) is 11.6 Å². The van der Waals surface area contributed by atoms with Gasteiger partial charge in [0.1, 0.15) is 5.82 Å². The van der Waals surface area contributed by atoms with Crippen LogP contribution in [0.5, 0.6) is 0 Å². The Labute approximate surface area is 92.2 Å². The third kappa shape index (κ3) is 4.65. The lowest BCUT2D eigenvalue weighted by Crippen LogP contribution is -2.14. The molecule has 1 aromatic carbocycles. The zero-order chi connectivity index (χ0) is 11.1. The highest BCUT2D eigenvalue weighted by atomic mass is 35.5. The molecule has 82 valence electrons. The molecule has 1 aromatic rings. The van der Waals surface area contributed by atoms with Crippen molar-refractivity contribution in [2.75, 3.05) is 17.8 Å². The summed E-state index contributed by atoms with van der Waals surface area (Å²) in [5.74, 6) is 0.0974. The Hall–Kier alpha value is -1.29. The zero-order valence-corrected chi connectivity index (χ0v) is 8.76. The molecule has 0 aromatic heterocycles. The molecule has 15 heavy (non-hydrogen) atoms. The van der Waals surface area contributed by atoms with Crippen molar-refractivity contribution in [3.05, 3.63) is 30.1 Å². The van der Waals surface area contributed by atoms with Gasteiger partial charge in [0.15, 0.2) is 0 Å². The average molecular weight is 232 g/mol. The predicted molar refractivity (Wildman–Crippen MR) is 56.7 cm³/mol. The fourth-order valence-electron chi connectivity index (χ4n) is 0.907. The molecule has 0 atom stereocenters. The summed E-state index contributed by atoms with van der Waals surface area (Å²) in [4.78, 5) is 11.1. The van der Waals surface area contributed by atoms with Crippen molar-refractivity contribution in [1.82, 2.24) is 0 Å². The van der Waals surface area contributed by atoms with Crippen molar-refractivity contribution in [1.29, 1.82) is 0 Å². The minimum atomic E-state index is -0.563. The highest BCUT2D eigenvalue weighted by molar-refractivity contribution is 6.17. The number of nitrogens with one attached hydrogen (secondary N) is 1. The number of carbonyl (C=O) groups excluding carboxylic acids is 1. The third-order valence-corrected chi connectivity index (χ3v) is 1.87. The Morgan fingerprint density at radius 1 is 1.40 bits per heavy atom. The molecule has 0 saturated carbocycles. The van der Waals surface area contributed by atoms with Gasteiger partial charge in [-0.3, -0.25) is 5.32 Å². The van der Waals surface area contributed by atoms with Gasteiger partial charge in [-0.1, -0.05) is 0 Å². The van der Waals surface area contributed by atoms with E-state index in [1.807, 2.05) is 0 Å². The zero-order valence-electron chi connectivity index (χ0n) is 8.00. The Morgan fingerprint density at radius 2 is 2.07 bits per heavy atom. The summed E-state index contributed by atoms with van der Waals surface area (Å²) in [6.07, 6.45) is 0.0463. The summed E-state index contributed by atoms with van der Waals surface area (Å²) in [5, 5.41) is 2.46. The van der Waals surface area contributed by atoms with E-state index in [-0.39, 0.29) is 12.4 Å². The van der Waals surface area contributed by atoms with E-state index >= 15 is 0 Å². The van der Waals surface area contributed by atoms with Gasteiger partial charge in [-0.15, -0.1) is 11.6 Å². The first-order valence-corrected chi connectivity index (χ1v) is 5.01. The van der Waals surface area contributed by atoms with E-state index in [4.69, 9.17) is 16.3 Å². The van der Waals surface area contributed by atoms with Crippen LogP contribution in [-0.2, 0) is 4.74 Å². The van der Waals surface area contributed by atoms with Crippen LogP contribution in [0, 0.1) is 5.82 Å². The van der Waals surface area contributed by atoms with E-state index in [0.29, 0.717) is 18.0 Å². The SMILES string of the molecule is O=C(Nc1ccc(F)cc1)OCCCCl. The Morgan fingerprint density at radius 3 is 2.67 bits per heavy atom. The van der Waals surface area contributed by atoms with E-state index < -0.39 is 6.09 Å². The average Bonchev–Trinajstić information content (AvgIpc) is 2.22. The van der Waals surface area contributed by atoms with Crippen molar-refractivity contribution in [3.8, 4) is 0 Å². The minimum absolute atomic E-state index is 0.274. The number of hydrogen-bond acceptors (Lipinski definition) is 2. The van der Waals surface area contributed by atoms with Crippen molar-refractivity contribution in [2.24, 2.45) is 0 Å². The third-order valence-electron chi connectivity index (χ3n) is 1.60. The lowest BCUT2D eigenvalue weighted by Gasteiger charge is -2.05. The van der Waals surface area contributed by atoms with Gasteiger partial charge in [-0.2, -0.15) is 0 Å². The molecule has 0 spiro atoms. The van der Waals surface area contributed by atoms with Gasteiger partial charge in [-0.25, -0.2) is 9.18 Å². The number of amides is 1. The normalized spacial score (nSPS) is 9.73. The minimum Gasteiger partial charge on any atom is -0.449 e. The van der Waals surface area contributed by atoms with Crippen LogP contribution in [0.1, 0.15) is 6.42 Å². The van der Waals surface area contributed by atoms with Crippen LogP contribution < -0.4 is 5.32 Å². The summed E-state index contributed by atoms with van der Waals surface area (Å²) < 4.78 is 17.3. The number of hydrogen-bond donors (Lipinski definition) is 1. The first kappa shape index (κ1) is 11.8. The van der Waals surface area contributed by atoms with Gasteiger partial charge in [0.25, 0.3) is 0 Å². The molecule has 0 fully saturated rings. The lowest BCUT2D eigenvalue weighted by molar-refractivity contribution is 0.162. The number of ether oxygens (including phenoxy) is 1. The Bertz CT molecular complexity index is 316. The lowest BCUT2D eigenvalue weighted by atomic mass is 10.3. The predicted octanol–water partition coefficient (Wildman–Crippen LogP) is 3.00. The molecule has 0 bridgehead atoms. The van der Waals surface area contributed by atoms with Gasteiger partial charge in [-0.05, 0) is 30.7 Å². The molecule has 0 aliphatic rings. The van der Waals surface area contributed by atoms with Crippen LogP contribution in [0.4, 0.5) is 14.9 Å². The van der Waals surface area contributed by atoms with Crippen LogP contribution in [0.3, 0.4) is 0 Å². The van der Waals surface area contributed by atoms with Gasteiger partial charge in [0.05, 0.1) is 6.61 Å². The first-order chi connectivity index (χ1) is 7.22. The second-order valence-electron chi connectivity index (χ2n) is 2.81. The molecule has 0 radical (unpaired) electrons. The molecule has 5 heteroatoms. The van der Waals surface area contributed by atoms with Crippen LogP contribution in [0.2, 0.25) is 0 Å². The topological polar surface area (TPSA) is 38.3 Å². The number of carbonyl (C=O) groups is 1. The summed E-state index contributed by atoms with van der Waals surface area (Å²) in [7, 11) is 0. The van der Waals surface area contributed by atoms with E-state index in [1.165, 1.54) is 24.3 Å². The largest absolute Gasteiger partial charge is 0.449 e. The second kappa shape index (κ2) is 6.24. The number of halogens is 2. The van der Waals surface area contributed by atoms with Crippen molar-refractivity contribution < 1.29 is 13.9 Å². The van der Waals surface area contributed by atoms with Gasteiger partial charge in [0.2, 0.25) is 0 Å². The second-order valence-corrected chi connectivity index (χ2v) is 3.19. The quantitative estimate of drug-likeness (QED) is 0.639. The smallest absolute Gasteiger partial charge is 0.411 e. The molecule has 0 aliphatic carbocycles. The number of rotatable bonds is 4. The van der Waals surface area contributed by atoms with Crippen molar-refractivity contribution in [3.63, 3.8) is 0 Å². The summed E-state index contributed by atoms with van der Waals surface area (Å²) in [6.45, 7) is 0.274. The summed E-state index contributed by atoms with van der Waals surface area (Å²) in [5.41, 5.74) is 0.493. The fourth-order valence-corrected chi connectivity index (χ4v) is 1.02. The molecule has 1 N–H and O–H groups in total. The van der Waals surface area contributed by atoms with Crippen molar-refractivity contribution in [2.45, 2.75) is 6.42 Å². The molecule has 0 unspecified atom stereocenters. The van der Waals surface area contributed by atoms with E-state index in [9.17, 15) is 9.18 Å². The first-order valence-electron chi connectivity index (χ1n) is 4.47. The molecule has 0 heterocycles. The van der Waals surface area contributed by atoms with Gasteiger partial charge >= 0.3 is 6.09 Å². The number of alkyl halides is 1. The number of benzene rings is 1. The van der Waals surface area contributed by atoms with E-state index in [2.05, 4.69) is 5.32 Å². The van der Waals surface area contributed by atoms with Crippen LogP contribution in [-0.4, -0.2) is 18.6 Å². The Balaban J connectivity index is 2.34. The maximum Gasteiger partial charge on any atom is 0.411 e. The molecular formula is C10H11ClFNO2. The monoisotopic (exact) mass is 231 g/mol. The summed E-state index contributed by atoms with van der Waals surface area (Å²) >= 11 is 5.41. The van der Waals surface area contributed by atoms with E-state index in [0.717, 1.165) is 0 Å². The van der Waals surface area contributed by atoms with Crippen molar-refractivity contribution >= 4 is 23.4 Å². The molecule has 1 amide bonds.